The second-order valence-electron chi connectivity index (χ2n) is 3.96. The number of hydrogen-bond acceptors (Lipinski definition) is 3. The number of carbonyl (C=O) groups excluding carboxylic acids is 1. The average Bonchev–Trinajstić information content (AvgIpc) is 2.01. The normalized spacial score (nSPS) is 15.0. The van der Waals surface area contributed by atoms with E-state index in [2.05, 4.69) is 6.11 Å². The highest BCUT2D eigenvalue weighted by atomic mass is 16.5. The second-order valence-corrected chi connectivity index (χ2v) is 3.96. The van der Waals surface area contributed by atoms with Gasteiger partial charge < -0.3 is 4.74 Å². The van der Waals surface area contributed by atoms with E-state index in [0.29, 0.717) is 0 Å². The van der Waals surface area contributed by atoms with Crippen molar-refractivity contribution in [1.29, 1.82) is 0 Å². The van der Waals surface area contributed by atoms with Gasteiger partial charge in [0.25, 0.3) is 0 Å². The van der Waals surface area contributed by atoms with E-state index < -0.39 is 0 Å². The largest absolute Gasteiger partial charge is 0.441 e. The van der Waals surface area contributed by atoms with Crippen LogP contribution < -0.4 is 0 Å². The zero-order valence-electron chi connectivity index (χ0n) is 9.57. The first-order chi connectivity index (χ1) is 6.41. The molecule has 3 nitrogen and oxygen atoms in total. The van der Waals surface area contributed by atoms with Gasteiger partial charge in [0.2, 0.25) is 0 Å². The molecule has 0 aliphatic rings. The molecule has 0 saturated carbocycles. The molecule has 3 heteroatoms. The highest BCUT2D eigenvalue weighted by Gasteiger charge is 2.31. The summed E-state index contributed by atoms with van der Waals surface area (Å²) in [4.78, 5) is 13.3. The molecule has 0 aromatic heterocycles. The van der Waals surface area contributed by atoms with E-state index in [1.54, 1.807) is 6.92 Å². The van der Waals surface area contributed by atoms with Gasteiger partial charge in [-0.15, -0.1) is 0 Å². The lowest BCUT2D eigenvalue weighted by atomic mass is 9.96. The summed E-state index contributed by atoms with van der Waals surface area (Å²) in [6.07, 6.45) is 7.02. The van der Waals surface area contributed by atoms with Crippen LogP contribution in [0.25, 0.3) is 0 Å². The molecule has 0 N–H and O–H groups in total. The molecule has 0 aliphatic carbocycles. The van der Waals surface area contributed by atoms with E-state index in [1.165, 1.54) is 0 Å². The summed E-state index contributed by atoms with van der Waals surface area (Å²) in [5, 5.41) is 0. The summed E-state index contributed by atoms with van der Waals surface area (Å²) in [6, 6.07) is -0.272. The monoisotopic (exact) mass is 197 g/mol. The van der Waals surface area contributed by atoms with Crippen LogP contribution in [-0.2, 0) is 9.53 Å². The van der Waals surface area contributed by atoms with Crippen LogP contribution in [0.15, 0.2) is 0 Å². The molecule has 2 atom stereocenters. The first kappa shape index (κ1) is 13.0. The third kappa shape index (κ3) is 3.39. The molecule has 0 fully saturated rings. The van der Waals surface area contributed by atoms with Gasteiger partial charge >= 0.3 is 0 Å². The number of hydrogen-bond donors (Lipinski definition) is 0. The van der Waals surface area contributed by atoms with E-state index in [-0.39, 0.29) is 23.8 Å². The van der Waals surface area contributed by atoms with Crippen LogP contribution in [0.5, 0.6) is 0 Å². The van der Waals surface area contributed by atoms with Gasteiger partial charge in [-0.3, -0.25) is 9.69 Å². The Bertz CT molecular complexity index is 228. The minimum absolute atomic E-state index is 0.0731. The lowest BCUT2D eigenvalue weighted by Gasteiger charge is -2.31. The summed E-state index contributed by atoms with van der Waals surface area (Å²) in [6.45, 7) is 5.53. The van der Waals surface area contributed by atoms with Crippen molar-refractivity contribution in [2.24, 2.45) is 5.92 Å². The van der Waals surface area contributed by atoms with Crippen molar-refractivity contribution in [3.8, 4) is 12.5 Å². The van der Waals surface area contributed by atoms with E-state index >= 15 is 0 Å². The number of nitrogens with zero attached hydrogens (tertiary/aromatic N) is 1. The highest BCUT2D eigenvalue weighted by Crippen LogP contribution is 2.15. The Labute approximate surface area is 86.4 Å². The fourth-order valence-electron chi connectivity index (χ4n) is 1.53. The Kier molecular flexibility index (Phi) is 5.26. The molecule has 80 valence electrons. The Morgan fingerprint density at radius 3 is 2.14 bits per heavy atom. The molecule has 0 rings (SSSR count). The van der Waals surface area contributed by atoms with E-state index in [4.69, 9.17) is 11.2 Å². The van der Waals surface area contributed by atoms with Crippen LogP contribution in [0.3, 0.4) is 0 Å². The summed E-state index contributed by atoms with van der Waals surface area (Å²) < 4.78 is 5.15. The molecule has 14 heavy (non-hydrogen) atoms. The highest BCUT2D eigenvalue weighted by molar-refractivity contribution is 5.82. The standard InChI is InChI=1S/C11H19NO2/c1-7-14-11(8(2)3)10(9(4)13)12(5)6/h1,8,10-11H,2-6H3. The third-order valence-corrected chi connectivity index (χ3v) is 2.15. The maximum Gasteiger partial charge on any atom is 0.150 e. The molecule has 0 bridgehead atoms. The van der Waals surface area contributed by atoms with Crippen molar-refractivity contribution in [2.75, 3.05) is 14.1 Å². The van der Waals surface area contributed by atoms with Crippen LogP contribution in [0.4, 0.5) is 0 Å². The Balaban J connectivity index is 4.75. The zero-order valence-corrected chi connectivity index (χ0v) is 9.57. The quantitative estimate of drug-likeness (QED) is 0.619. The fraction of sp³-hybridized carbons (Fsp3) is 0.727. The van der Waals surface area contributed by atoms with Gasteiger partial charge in [-0.2, -0.15) is 0 Å². The predicted molar refractivity (Wildman–Crippen MR) is 56.7 cm³/mol. The van der Waals surface area contributed by atoms with Gasteiger partial charge in [-0.25, -0.2) is 0 Å². The van der Waals surface area contributed by atoms with Crippen molar-refractivity contribution in [1.82, 2.24) is 4.90 Å². The summed E-state index contributed by atoms with van der Waals surface area (Å²) in [5.74, 6) is 0.284. The van der Waals surface area contributed by atoms with Crippen molar-refractivity contribution < 1.29 is 9.53 Å². The zero-order chi connectivity index (χ0) is 11.3. The van der Waals surface area contributed by atoms with Crippen LogP contribution in [0.2, 0.25) is 0 Å². The molecule has 0 aliphatic heterocycles. The van der Waals surface area contributed by atoms with Gasteiger partial charge in [-0.05, 0) is 26.9 Å². The molecule has 0 spiro atoms. The first-order valence-electron chi connectivity index (χ1n) is 4.70. The van der Waals surface area contributed by atoms with Crippen molar-refractivity contribution in [3.05, 3.63) is 0 Å². The smallest absolute Gasteiger partial charge is 0.150 e. The molecule has 0 radical (unpaired) electrons. The third-order valence-electron chi connectivity index (χ3n) is 2.15. The number of carbonyl (C=O) groups is 1. The summed E-state index contributed by atoms with van der Waals surface area (Å²) >= 11 is 0. The van der Waals surface area contributed by atoms with Crippen molar-refractivity contribution in [3.63, 3.8) is 0 Å². The Hall–Kier alpha value is -1.01. The lowest BCUT2D eigenvalue weighted by Crippen LogP contribution is -2.47. The Morgan fingerprint density at radius 2 is 1.93 bits per heavy atom. The molecule has 0 aromatic carbocycles. The van der Waals surface area contributed by atoms with Crippen LogP contribution >= 0.6 is 0 Å². The maximum absolute atomic E-state index is 11.4. The Morgan fingerprint density at radius 1 is 1.43 bits per heavy atom. The van der Waals surface area contributed by atoms with Gasteiger partial charge in [-0.1, -0.05) is 20.3 Å². The topological polar surface area (TPSA) is 29.5 Å². The molecular formula is C11H19NO2. The summed E-state index contributed by atoms with van der Waals surface area (Å²) in [5.41, 5.74) is 0. The van der Waals surface area contributed by atoms with E-state index in [9.17, 15) is 4.79 Å². The number of ketones is 1. The number of rotatable bonds is 5. The molecule has 0 saturated heterocycles. The molecule has 0 aromatic rings. The number of Topliss-reactive ketones (excluding diaryl/α,β-unsaturated/α-hetero) is 1. The molecule has 2 unspecified atom stereocenters. The SMILES string of the molecule is C#COC(C(C)C)C(C(C)=O)N(C)C. The minimum Gasteiger partial charge on any atom is -0.441 e. The minimum atomic E-state index is -0.272. The van der Waals surface area contributed by atoms with Crippen LogP contribution in [0, 0.1) is 18.4 Å². The van der Waals surface area contributed by atoms with Crippen molar-refractivity contribution >= 4 is 5.78 Å². The van der Waals surface area contributed by atoms with Gasteiger partial charge in [0.05, 0.1) is 0 Å². The lowest BCUT2D eigenvalue weighted by molar-refractivity contribution is -0.126. The van der Waals surface area contributed by atoms with Crippen LogP contribution in [0.1, 0.15) is 20.8 Å². The number of terminal acetylenes is 1. The number of ether oxygens (including phenoxy) is 1. The second kappa shape index (κ2) is 5.66. The van der Waals surface area contributed by atoms with Crippen LogP contribution in [-0.4, -0.2) is 36.9 Å². The van der Waals surface area contributed by atoms with Crippen molar-refractivity contribution in [2.45, 2.75) is 32.9 Å². The molecule has 0 amide bonds. The van der Waals surface area contributed by atoms with Gasteiger partial charge in [0.1, 0.15) is 18.3 Å². The van der Waals surface area contributed by atoms with E-state index in [0.717, 1.165) is 0 Å². The summed E-state index contributed by atoms with van der Waals surface area (Å²) in [7, 11) is 3.70. The van der Waals surface area contributed by atoms with Gasteiger partial charge in [0.15, 0.2) is 5.78 Å². The maximum atomic E-state index is 11.4. The predicted octanol–water partition coefficient (Wildman–Crippen LogP) is 1.14. The molecular weight excluding hydrogens is 178 g/mol. The fourth-order valence-corrected chi connectivity index (χ4v) is 1.53. The van der Waals surface area contributed by atoms with E-state index in [1.807, 2.05) is 32.8 Å². The average molecular weight is 197 g/mol. The molecule has 0 heterocycles. The number of likely N-dealkylation sites (N-methyl/N-ethyl adjacent to an activating group) is 1. The van der Waals surface area contributed by atoms with Gasteiger partial charge in [0, 0.05) is 0 Å². The first-order valence-corrected chi connectivity index (χ1v) is 4.70.